The van der Waals surface area contributed by atoms with Crippen molar-refractivity contribution in [1.82, 2.24) is 9.88 Å². The second-order valence-electron chi connectivity index (χ2n) is 5.63. The molecule has 0 spiro atoms. The van der Waals surface area contributed by atoms with E-state index >= 15 is 0 Å². The van der Waals surface area contributed by atoms with E-state index in [9.17, 15) is 4.79 Å². The summed E-state index contributed by atoms with van der Waals surface area (Å²) in [5.74, 6) is 0.635. The smallest absolute Gasteiger partial charge is 0.257 e. The zero-order chi connectivity index (χ0) is 16.7. The van der Waals surface area contributed by atoms with Crippen LogP contribution >= 0.6 is 0 Å². The van der Waals surface area contributed by atoms with Gasteiger partial charge in [0.05, 0.1) is 5.56 Å². The largest absolute Gasteiger partial charge is 0.369 e. The van der Waals surface area contributed by atoms with Gasteiger partial charge in [0, 0.05) is 25.0 Å². The number of anilines is 2. The lowest BCUT2D eigenvalue weighted by molar-refractivity contribution is 0.102. The van der Waals surface area contributed by atoms with Crippen molar-refractivity contribution in [2.45, 2.75) is 13.3 Å². The van der Waals surface area contributed by atoms with Gasteiger partial charge in [0.2, 0.25) is 0 Å². The summed E-state index contributed by atoms with van der Waals surface area (Å²) in [6.07, 6.45) is 2.48. The first-order valence-electron chi connectivity index (χ1n) is 7.84. The highest BCUT2D eigenvalue weighted by molar-refractivity contribution is 6.04. The minimum atomic E-state index is -0.141. The molecule has 0 bridgehead atoms. The van der Waals surface area contributed by atoms with Crippen LogP contribution in [0.3, 0.4) is 0 Å². The van der Waals surface area contributed by atoms with Crippen LogP contribution in [0.2, 0.25) is 0 Å². The van der Waals surface area contributed by atoms with E-state index in [1.807, 2.05) is 44.4 Å². The summed E-state index contributed by atoms with van der Waals surface area (Å²) in [5, 5.41) is 6.17. The van der Waals surface area contributed by atoms with E-state index < -0.39 is 0 Å². The molecule has 122 valence electrons. The Bertz CT molecular complexity index is 638. The highest BCUT2D eigenvalue weighted by Gasteiger charge is 2.08. The van der Waals surface area contributed by atoms with Crippen molar-refractivity contribution in [2.24, 2.45) is 0 Å². The van der Waals surface area contributed by atoms with Gasteiger partial charge in [-0.3, -0.25) is 4.79 Å². The quantitative estimate of drug-likeness (QED) is 0.825. The molecule has 1 aromatic carbocycles. The van der Waals surface area contributed by atoms with Crippen molar-refractivity contribution < 1.29 is 4.79 Å². The number of carbonyl (C=O) groups is 1. The van der Waals surface area contributed by atoms with E-state index in [0.717, 1.165) is 36.6 Å². The summed E-state index contributed by atoms with van der Waals surface area (Å²) >= 11 is 0. The fraction of sp³-hybridized carbons (Fsp3) is 0.333. The maximum atomic E-state index is 12.3. The Balaban J connectivity index is 1.97. The van der Waals surface area contributed by atoms with Crippen LogP contribution in [0.5, 0.6) is 0 Å². The van der Waals surface area contributed by atoms with Crippen LogP contribution in [0.4, 0.5) is 11.5 Å². The standard InChI is InChI=1S/C18H24N4O/c1-4-14-7-5-6-8-16(14)21-18(23)15-9-10-17(20-13-15)19-11-12-22(2)3/h5-10,13H,4,11-12H2,1-3H3,(H,19,20)(H,21,23). The van der Waals surface area contributed by atoms with Gasteiger partial charge in [0.25, 0.3) is 5.91 Å². The number of likely N-dealkylation sites (N-methyl/N-ethyl adjacent to an activating group) is 1. The Kier molecular flexibility index (Phi) is 6.11. The zero-order valence-corrected chi connectivity index (χ0v) is 14.0. The molecule has 2 rings (SSSR count). The van der Waals surface area contributed by atoms with Crippen LogP contribution in [-0.2, 0) is 6.42 Å². The van der Waals surface area contributed by atoms with Crippen LogP contribution in [-0.4, -0.2) is 43.0 Å². The van der Waals surface area contributed by atoms with Crippen LogP contribution in [0, 0.1) is 0 Å². The number of para-hydroxylation sites is 1. The molecule has 0 aliphatic rings. The number of nitrogens with zero attached hydrogens (tertiary/aromatic N) is 2. The number of benzene rings is 1. The molecule has 1 amide bonds. The van der Waals surface area contributed by atoms with Gasteiger partial charge in [0.1, 0.15) is 5.82 Å². The van der Waals surface area contributed by atoms with Crippen LogP contribution in [0.25, 0.3) is 0 Å². The topological polar surface area (TPSA) is 57.3 Å². The lowest BCUT2D eigenvalue weighted by Gasteiger charge is -2.11. The van der Waals surface area contributed by atoms with Crippen LogP contribution in [0.15, 0.2) is 42.6 Å². The molecule has 2 aromatic rings. The molecule has 0 radical (unpaired) electrons. The van der Waals surface area contributed by atoms with Gasteiger partial charge < -0.3 is 15.5 Å². The lowest BCUT2D eigenvalue weighted by Crippen LogP contribution is -2.21. The van der Waals surface area contributed by atoms with Crippen molar-refractivity contribution >= 4 is 17.4 Å². The Morgan fingerprint density at radius 2 is 1.96 bits per heavy atom. The molecule has 2 N–H and O–H groups in total. The summed E-state index contributed by atoms with van der Waals surface area (Å²) in [7, 11) is 4.05. The Morgan fingerprint density at radius 3 is 2.61 bits per heavy atom. The van der Waals surface area contributed by atoms with Crippen molar-refractivity contribution in [2.75, 3.05) is 37.8 Å². The number of amides is 1. The molecule has 23 heavy (non-hydrogen) atoms. The van der Waals surface area contributed by atoms with Gasteiger partial charge in [-0.1, -0.05) is 25.1 Å². The normalized spacial score (nSPS) is 10.6. The molecule has 1 heterocycles. The number of carbonyl (C=O) groups excluding carboxylic acids is 1. The third-order valence-electron chi connectivity index (χ3n) is 3.54. The van der Waals surface area contributed by atoms with Gasteiger partial charge in [-0.15, -0.1) is 0 Å². The van der Waals surface area contributed by atoms with Gasteiger partial charge in [0.15, 0.2) is 0 Å². The second-order valence-corrected chi connectivity index (χ2v) is 5.63. The predicted octanol–water partition coefficient (Wildman–Crippen LogP) is 2.87. The van der Waals surface area contributed by atoms with Crippen molar-refractivity contribution in [3.05, 3.63) is 53.7 Å². The molecular formula is C18H24N4O. The van der Waals surface area contributed by atoms with E-state index in [-0.39, 0.29) is 5.91 Å². The third-order valence-corrected chi connectivity index (χ3v) is 3.54. The molecule has 0 saturated carbocycles. The predicted molar refractivity (Wildman–Crippen MR) is 95.1 cm³/mol. The highest BCUT2D eigenvalue weighted by atomic mass is 16.1. The number of rotatable bonds is 7. The first kappa shape index (κ1) is 17.0. The SMILES string of the molecule is CCc1ccccc1NC(=O)c1ccc(NCCN(C)C)nc1. The summed E-state index contributed by atoms with van der Waals surface area (Å²) in [4.78, 5) is 18.7. The summed E-state index contributed by atoms with van der Waals surface area (Å²) < 4.78 is 0. The second kappa shape index (κ2) is 8.29. The van der Waals surface area contributed by atoms with Crippen molar-refractivity contribution in [1.29, 1.82) is 0 Å². The van der Waals surface area contributed by atoms with E-state index in [0.29, 0.717) is 5.56 Å². The number of aryl methyl sites for hydroxylation is 1. The molecule has 0 fully saturated rings. The average Bonchev–Trinajstić information content (AvgIpc) is 2.55. The minimum absolute atomic E-state index is 0.141. The van der Waals surface area contributed by atoms with Crippen molar-refractivity contribution in [3.63, 3.8) is 0 Å². The Hall–Kier alpha value is -2.40. The molecule has 0 aliphatic carbocycles. The first-order chi connectivity index (χ1) is 11.1. The molecule has 0 unspecified atom stereocenters. The molecule has 1 aromatic heterocycles. The van der Waals surface area contributed by atoms with E-state index in [1.165, 1.54) is 0 Å². The molecule has 0 aliphatic heterocycles. The maximum Gasteiger partial charge on any atom is 0.257 e. The fourth-order valence-electron chi connectivity index (χ4n) is 2.19. The Morgan fingerprint density at radius 1 is 1.17 bits per heavy atom. The molecule has 0 saturated heterocycles. The van der Waals surface area contributed by atoms with E-state index in [2.05, 4.69) is 27.4 Å². The third kappa shape index (κ3) is 5.07. The van der Waals surface area contributed by atoms with Crippen LogP contribution in [0.1, 0.15) is 22.8 Å². The summed E-state index contributed by atoms with van der Waals surface area (Å²) in [5.41, 5.74) is 2.53. The van der Waals surface area contributed by atoms with E-state index in [1.54, 1.807) is 12.3 Å². The van der Waals surface area contributed by atoms with E-state index in [4.69, 9.17) is 0 Å². The molecular weight excluding hydrogens is 288 g/mol. The number of hydrogen-bond acceptors (Lipinski definition) is 4. The highest BCUT2D eigenvalue weighted by Crippen LogP contribution is 2.16. The van der Waals surface area contributed by atoms with Gasteiger partial charge >= 0.3 is 0 Å². The minimum Gasteiger partial charge on any atom is -0.369 e. The van der Waals surface area contributed by atoms with Gasteiger partial charge in [-0.25, -0.2) is 4.98 Å². The molecule has 5 heteroatoms. The summed E-state index contributed by atoms with van der Waals surface area (Å²) in [6.45, 7) is 3.81. The van der Waals surface area contributed by atoms with Crippen LogP contribution < -0.4 is 10.6 Å². The molecule has 5 nitrogen and oxygen atoms in total. The zero-order valence-electron chi connectivity index (χ0n) is 14.0. The van der Waals surface area contributed by atoms with Crippen molar-refractivity contribution in [3.8, 4) is 0 Å². The monoisotopic (exact) mass is 312 g/mol. The molecule has 0 atom stereocenters. The number of aromatic nitrogens is 1. The lowest BCUT2D eigenvalue weighted by atomic mass is 10.1. The number of pyridine rings is 1. The fourth-order valence-corrected chi connectivity index (χ4v) is 2.19. The average molecular weight is 312 g/mol. The maximum absolute atomic E-state index is 12.3. The first-order valence-corrected chi connectivity index (χ1v) is 7.84. The van der Waals surface area contributed by atoms with Gasteiger partial charge in [-0.05, 0) is 44.3 Å². The Labute approximate surface area is 137 Å². The summed E-state index contributed by atoms with van der Waals surface area (Å²) in [6, 6.07) is 11.5. The number of hydrogen-bond donors (Lipinski definition) is 2. The van der Waals surface area contributed by atoms with Gasteiger partial charge in [-0.2, -0.15) is 0 Å². The number of nitrogens with one attached hydrogen (secondary N) is 2.